The molecule has 0 bridgehead atoms. The standard InChI is InChI=1S/C7H16FN2.C2H6.U/c1-5-7(4)10(9-8)6(2)3;1-2;/h6-7H,5H2,1-4H3;1-2H3;/q-1;;. The van der Waals surface area contributed by atoms with Crippen LogP contribution in [0.15, 0.2) is 0 Å². The van der Waals surface area contributed by atoms with Gasteiger partial charge in [0.1, 0.15) is 0 Å². The van der Waals surface area contributed by atoms with Crippen LogP contribution in [0.1, 0.15) is 48.0 Å². The maximum Gasteiger partial charge on any atom is 0 e. The Kier molecular flexibility index (Phi) is 19.3. The van der Waals surface area contributed by atoms with Gasteiger partial charge in [-0.05, 0) is 18.5 Å². The molecule has 0 aliphatic heterocycles. The fraction of sp³-hybridized carbons (Fsp3) is 1.00. The van der Waals surface area contributed by atoms with Crippen molar-refractivity contribution in [1.82, 2.24) is 5.01 Å². The second-order valence-electron chi connectivity index (χ2n) is 2.81. The predicted octanol–water partition coefficient (Wildman–Crippen LogP) is 3.69. The van der Waals surface area contributed by atoms with E-state index < -0.39 is 0 Å². The Morgan fingerprint density at radius 2 is 1.62 bits per heavy atom. The summed E-state index contributed by atoms with van der Waals surface area (Å²) < 4.78 is 11.9. The van der Waals surface area contributed by atoms with Gasteiger partial charge in [-0.15, -0.1) is 0 Å². The molecule has 0 saturated heterocycles. The molecule has 0 aromatic carbocycles. The molecule has 0 spiro atoms. The molecule has 0 aliphatic rings. The van der Waals surface area contributed by atoms with Gasteiger partial charge in [0.05, 0.1) is 0 Å². The zero-order valence-corrected chi connectivity index (χ0v) is 13.8. The van der Waals surface area contributed by atoms with Crippen molar-refractivity contribution in [3.63, 3.8) is 0 Å². The van der Waals surface area contributed by atoms with Gasteiger partial charge in [0.25, 0.3) is 0 Å². The summed E-state index contributed by atoms with van der Waals surface area (Å²) in [6.45, 7) is 11.8. The van der Waals surface area contributed by atoms with Gasteiger partial charge in [0.15, 0.2) is 0 Å². The van der Waals surface area contributed by atoms with Gasteiger partial charge in [-0.3, -0.25) is 0 Å². The van der Waals surface area contributed by atoms with E-state index in [1.54, 1.807) is 0 Å². The first-order valence-corrected chi connectivity index (χ1v) is 4.73. The van der Waals surface area contributed by atoms with Crippen LogP contribution in [0.4, 0.5) is 4.48 Å². The Bertz CT molecular complexity index is 91.7. The Morgan fingerprint density at radius 3 is 1.69 bits per heavy atom. The molecule has 2 nitrogen and oxygen atoms in total. The normalized spacial score (nSPS) is 11.8. The topological polar surface area (TPSA) is 17.3 Å². The zero-order chi connectivity index (χ0) is 10.1. The number of rotatable bonds is 4. The molecule has 0 aliphatic carbocycles. The van der Waals surface area contributed by atoms with Crippen LogP contribution < -0.4 is 0 Å². The molecule has 0 amide bonds. The van der Waals surface area contributed by atoms with Crippen molar-refractivity contribution in [2.24, 2.45) is 0 Å². The zero-order valence-electron chi connectivity index (χ0n) is 9.63. The SMILES string of the molecule is CC.CCC(C)N([N-]F)C(C)C.[U]. The monoisotopic (exact) mass is 415 g/mol. The van der Waals surface area contributed by atoms with Crippen LogP contribution in [0.2, 0.25) is 0 Å². The Balaban J connectivity index is -0.000000309. The van der Waals surface area contributed by atoms with Gasteiger partial charge < -0.3 is 15.1 Å². The third-order valence-electron chi connectivity index (χ3n) is 1.66. The molecular formula is C9H22FN2U-. The molecule has 80 valence electrons. The van der Waals surface area contributed by atoms with Gasteiger partial charge >= 0.3 is 0 Å². The van der Waals surface area contributed by atoms with E-state index in [4.69, 9.17) is 0 Å². The molecule has 0 fully saturated rings. The molecule has 0 saturated carbocycles. The van der Waals surface area contributed by atoms with Crippen LogP contribution in [0.5, 0.6) is 0 Å². The van der Waals surface area contributed by atoms with Crippen LogP contribution in [-0.2, 0) is 0 Å². The minimum atomic E-state index is 0. The molecule has 13 heavy (non-hydrogen) atoms. The first-order chi connectivity index (χ1) is 5.63. The second kappa shape index (κ2) is 12.9. The second-order valence-corrected chi connectivity index (χ2v) is 2.81. The number of hydrogen-bond donors (Lipinski definition) is 0. The summed E-state index contributed by atoms with van der Waals surface area (Å²) in [6.07, 6.45) is 0.922. The molecule has 1 unspecified atom stereocenters. The minimum Gasteiger partial charge on any atom is -0.424 e. The van der Waals surface area contributed by atoms with E-state index in [1.807, 2.05) is 41.5 Å². The largest absolute Gasteiger partial charge is 0.424 e. The molecule has 1 atom stereocenters. The Morgan fingerprint density at radius 1 is 1.23 bits per heavy atom. The predicted molar refractivity (Wildman–Crippen MR) is 52.5 cm³/mol. The van der Waals surface area contributed by atoms with Crippen molar-refractivity contribution in [2.45, 2.75) is 60.0 Å². The fourth-order valence-corrected chi connectivity index (χ4v) is 0.858. The van der Waals surface area contributed by atoms with E-state index in [-0.39, 0.29) is 43.2 Å². The van der Waals surface area contributed by atoms with E-state index in [2.05, 4.69) is 5.65 Å². The maximum absolute atomic E-state index is 11.9. The quantitative estimate of drug-likeness (QED) is 0.641. The molecule has 0 rings (SSSR count). The molecule has 0 N–H and O–H groups in total. The Hall–Kier alpha value is 0.902. The molecule has 0 aromatic heterocycles. The molecule has 0 radical (unpaired) electrons. The summed E-state index contributed by atoms with van der Waals surface area (Å²) in [5.41, 5.74) is 2.69. The summed E-state index contributed by atoms with van der Waals surface area (Å²) >= 11 is 0. The summed E-state index contributed by atoms with van der Waals surface area (Å²) in [7, 11) is 0. The van der Waals surface area contributed by atoms with E-state index in [1.165, 1.54) is 5.01 Å². The van der Waals surface area contributed by atoms with E-state index >= 15 is 0 Å². The maximum atomic E-state index is 11.9. The van der Waals surface area contributed by atoms with Crippen molar-refractivity contribution in [3.8, 4) is 0 Å². The van der Waals surface area contributed by atoms with Crippen LogP contribution in [0, 0.1) is 31.1 Å². The third-order valence-corrected chi connectivity index (χ3v) is 1.66. The third kappa shape index (κ3) is 9.21. The summed E-state index contributed by atoms with van der Waals surface area (Å²) in [6, 6.07) is 0.352. The average Bonchev–Trinajstić information content (AvgIpc) is 2.08. The van der Waals surface area contributed by atoms with E-state index in [9.17, 15) is 4.48 Å². The summed E-state index contributed by atoms with van der Waals surface area (Å²) in [5, 5.41) is 1.47. The molecular weight excluding hydrogens is 393 g/mol. The van der Waals surface area contributed by atoms with Crippen LogP contribution in [0.25, 0.3) is 5.65 Å². The number of nitrogens with zero attached hydrogens (tertiary/aromatic N) is 2. The fourth-order valence-electron chi connectivity index (χ4n) is 0.858. The minimum absolute atomic E-state index is 0. The number of halogens is 1. The van der Waals surface area contributed by atoms with Crippen LogP contribution in [-0.4, -0.2) is 17.1 Å². The van der Waals surface area contributed by atoms with Gasteiger partial charge in [-0.1, -0.05) is 41.5 Å². The molecule has 4 heteroatoms. The smallest absolute Gasteiger partial charge is 0 e. The average molecular weight is 415 g/mol. The summed E-state index contributed by atoms with van der Waals surface area (Å²) in [5.74, 6) is 0. The van der Waals surface area contributed by atoms with Crippen molar-refractivity contribution >= 4 is 0 Å². The first-order valence-electron chi connectivity index (χ1n) is 4.73. The number of hydrogen-bond acceptors (Lipinski definition) is 1. The van der Waals surface area contributed by atoms with Gasteiger partial charge in [0, 0.05) is 31.1 Å². The summed E-state index contributed by atoms with van der Waals surface area (Å²) in [4.78, 5) is 0. The first kappa shape index (κ1) is 19.5. The van der Waals surface area contributed by atoms with Crippen LogP contribution >= 0.6 is 0 Å². The van der Waals surface area contributed by atoms with Crippen molar-refractivity contribution in [3.05, 3.63) is 5.65 Å². The molecule has 0 aromatic rings. The Labute approximate surface area is 106 Å². The van der Waals surface area contributed by atoms with Crippen LogP contribution in [0.3, 0.4) is 0 Å². The van der Waals surface area contributed by atoms with E-state index in [0.29, 0.717) is 0 Å². The van der Waals surface area contributed by atoms with Crippen molar-refractivity contribution < 1.29 is 35.6 Å². The van der Waals surface area contributed by atoms with Gasteiger partial charge in [0.2, 0.25) is 0 Å². The van der Waals surface area contributed by atoms with Crippen molar-refractivity contribution in [2.75, 3.05) is 0 Å². The van der Waals surface area contributed by atoms with Gasteiger partial charge in [-0.2, -0.15) is 0 Å². The van der Waals surface area contributed by atoms with Gasteiger partial charge in [-0.25, -0.2) is 0 Å². The molecule has 0 heterocycles. The van der Waals surface area contributed by atoms with E-state index in [0.717, 1.165) is 6.42 Å². The van der Waals surface area contributed by atoms with Crippen molar-refractivity contribution in [1.29, 1.82) is 0 Å².